The number of hydrogen-bond donors (Lipinski definition) is 2. The Bertz CT molecular complexity index is 814. The second kappa shape index (κ2) is 9.07. The average Bonchev–Trinajstić information content (AvgIpc) is 2.64. The molecule has 0 unspecified atom stereocenters. The molecule has 0 aromatic heterocycles. The van der Waals surface area contributed by atoms with Crippen molar-refractivity contribution < 1.29 is 9.59 Å². The summed E-state index contributed by atoms with van der Waals surface area (Å²) >= 11 is 0. The van der Waals surface area contributed by atoms with Crippen molar-refractivity contribution >= 4 is 29.0 Å². The van der Waals surface area contributed by atoms with Crippen LogP contribution in [-0.2, 0) is 0 Å². The summed E-state index contributed by atoms with van der Waals surface area (Å²) in [6.07, 6.45) is 0. The standard InChI is InChI=1S/C21H28N4O2/c1-6-25(7-2)20(26)17-14-16(12-13-19(17)24(4)5)22-21(27)23-18-11-9-8-10-15(18)3/h8-14H,6-7H2,1-5H3,(H2,22,23,27). The molecule has 0 atom stereocenters. The highest BCUT2D eigenvalue weighted by Gasteiger charge is 2.19. The molecule has 6 nitrogen and oxygen atoms in total. The van der Waals surface area contributed by atoms with E-state index >= 15 is 0 Å². The molecule has 2 aromatic rings. The zero-order valence-electron chi connectivity index (χ0n) is 16.7. The van der Waals surface area contributed by atoms with Gasteiger partial charge in [-0.15, -0.1) is 0 Å². The molecule has 0 radical (unpaired) electrons. The number of rotatable bonds is 6. The van der Waals surface area contributed by atoms with Crippen LogP contribution >= 0.6 is 0 Å². The van der Waals surface area contributed by atoms with Crippen molar-refractivity contribution in [3.63, 3.8) is 0 Å². The van der Waals surface area contributed by atoms with E-state index in [1.54, 1.807) is 17.0 Å². The van der Waals surface area contributed by atoms with Crippen molar-refractivity contribution in [2.24, 2.45) is 0 Å². The van der Waals surface area contributed by atoms with Gasteiger partial charge >= 0.3 is 6.03 Å². The molecule has 0 fully saturated rings. The van der Waals surface area contributed by atoms with Crippen LogP contribution in [0.1, 0.15) is 29.8 Å². The number of nitrogens with zero attached hydrogens (tertiary/aromatic N) is 2. The lowest BCUT2D eigenvalue weighted by Gasteiger charge is -2.23. The summed E-state index contributed by atoms with van der Waals surface area (Å²) in [5.41, 5.74) is 3.68. The summed E-state index contributed by atoms with van der Waals surface area (Å²) in [6, 6.07) is 12.6. The molecule has 0 aliphatic rings. The van der Waals surface area contributed by atoms with Gasteiger partial charge in [-0.1, -0.05) is 18.2 Å². The van der Waals surface area contributed by atoms with E-state index in [2.05, 4.69) is 10.6 Å². The van der Waals surface area contributed by atoms with Crippen LogP contribution in [0.15, 0.2) is 42.5 Å². The largest absolute Gasteiger partial charge is 0.377 e. The molecule has 0 bridgehead atoms. The number of anilines is 3. The number of para-hydroxylation sites is 1. The van der Waals surface area contributed by atoms with E-state index in [-0.39, 0.29) is 11.9 Å². The molecule has 2 aromatic carbocycles. The second-order valence-corrected chi connectivity index (χ2v) is 6.50. The maximum atomic E-state index is 12.9. The Morgan fingerprint density at radius 3 is 2.22 bits per heavy atom. The smallest absolute Gasteiger partial charge is 0.323 e. The van der Waals surface area contributed by atoms with Crippen molar-refractivity contribution in [3.8, 4) is 0 Å². The van der Waals surface area contributed by atoms with E-state index in [4.69, 9.17) is 0 Å². The molecule has 0 aliphatic heterocycles. The van der Waals surface area contributed by atoms with Gasteiger partial charge in [-0.25, -0.2) is 4.79 Å². The van der Waals surface area contributed by atoms with Crippen LogP contribution in [0.25, 0.3) is 0 Å². The number of carbonyl (C=O) groups is 2. The van der Waals surface area contributed by atoms with Crippen LogP contribution in [0.5, 0.6) is 0 Å². The van der Waals surface area contributed by atoms with Crippen molar-refractivity contribution in [1.29, 1.82) is 0 Å². The van der Waals surface area contributed by atoms with Crippen molar-refractivity contribution in [3.05, 3.63) is 53.6 Å². The molecular weight excluding hydrogens is 340 g/mol. The van der Waals surface area contributed by atoms with E-state index in [0.29, 0.717) is 24.3 Å². The van der Waals surface area contributed by atoms with Crippen LogP contribution in [-0.4, -0.2) is 44.0 Å². The van der Waals surface area contributed by atoms with Gasteiger partial charge < -0.3 is 20.4 Å². The first-order valence-electron chi connectivity index (χ1n) is 9.11. The summed E-state index contributed by atoms with van der Waals surface area (Å²) in [7, 11) is 3.79. The third-order valence-corrected chi connectivity index (χ3v) is 4.41. The Morgan fingerprint density at radius 2 is 1.63 bits per heavy atom. The fourth-order valence-electron chi connectivity index (χ4n) is 2.85. The molecule has 3 amide bonds. The lowest BCUT2D eigenvalue weighted by molar-refractivity contribution is 0.0773. The Balaban J connectivity index is 2.25. The molecule has 6 heteroatoms. The molecule has 144 valence electrons. The molecule has 27 heavy (non-hydrogen) atoms. The average molecular weight is 368 g/mol. The van der Waals surface area contributed by atoms with Crippen LogP contribution in [0.2, 0.25) is 0 Å². The first-order chi connectivity index (χ1) is 12.9. The minimum atomic E-state index is -0.344. The highest BCUT2D eigenvalue weighted by molar-refractivity contribution is 6.04. The first-order valence-corrected chi connectivity index (χ1v) is 9.11. The molecule has 2 N–H and O–H groups in total. The van der Waals surface area contributed by atoms with Gasteiger partial charge in [-0.2, -0.15) is 0 Å². The number of carbonyl (C=O) groups excluding carboxylic acids is 2. The lowest BCUT2D eigenvalue weighted by Crippen LogP contribution is -2.32. The van der Waals surface area contributed by atoms with Crippen molar-refractivity contribution in [2.45, 2.75) is 20.8 Å². The van der Waals surface area contributed by atoms with E-state index in [1.165, 1.54) is 0 Å². The zero-order chi connectivity index (χ0) is 20.0. The number of urea groups is 1. The molecule has 0 heterocycles. The fourth-order valence-corrected chi connectivity index (χ4v) is 2.85. The molecule has 0 aliphatic carbocycles. The van der Waals surface area contributed by atoms with Crippen molar-refractivity contribution in [1.82, 2.24) is 4.90 Å². The molecule has 2 rings (SSSR count). The highest BCUT2D eigenvalue weighted by Crippen LogP contribution is 2.25. The van der Waals surface area contributed by atoms with Crippen molar-refractivity contribution in [2.75, 3.05) is 42.7 Å². The minimum Gasteiger partial charge on any atom is -0.377 e. The van der Waals surface area contributed by atoms with E-state index < -0.39 is 0 Å². The van der Waals surface area contributed by atoms with Gasteiger partial charge in [0.2, 0.25) is 0 Å². The minimum absolute atomic E-state index is 0.0494. The summed E-state index contributed by atoms with van der Waals surface area (Å²) in [5.74, 6) is -0.0494. The van der Waals surface area contributed by atoms with Gasteiger partial charge in [0.1, 0.15) is 0 Å². The predicted octanol–water partition coefficient (Wildman–Crippen LogP) is 4.19. The topological polar surface area (TPSA) is 64.7 Å². The van der Waals surface area contributed by atoms with Gasteiger partial charge in [0.25, 0.3) is 5.91 Å². The molecule has 0 saturated heterocycles. The third-order valence-electron chi connectivity index (χ3n) is 4.41. The second-order valence-electron chi connectivity index (χ2n) is 6.50. The first kappa shape index (κ1) is 20.3. The van der Waals surface area contributed by atoms with Crippen LogP contribution in [0, 0.1) is 6.92 Å². The van der Waals surface area contributed by atoms with E-state index in [0.717, 1.165) is 16.9 Å². The molecular formula is C21H28N4O2. The number of amides is 3. The van der Waals surface area contributed by atoms with E-state index in [1.807, 2.05) is 70.1 Å². The maximum Gasteiger partial charge on any atom is 0.323 e. The summed E-state index contributed by atoms with van der Waals surface area (Å²) in [4.78, 5) is 28.9. The number of benzene rings is 2. The normalized spacial score (nSPS) is 10.3. The van der Waals surface area contributed by atoms with Crippen LogP contribution in [0.4, 0.5) is 21.9 Å². The summed E-state index contributed by atoms with van der Waals surface area (Å²) < 4.78 is 0. The zero-order valence-corrected chi connectivity index (χ0v) is 16.7. The monoisotopic (exact) mass is 368 g/mol. The summed E-state index contributed by atoms with van der Waals surface area (Å²) in [6.45, 7) is 7.10. The fraction of sp³-hybridized carbons (Fsp3) is 0.333. The quantitative estimate of drug-likeness (QED) is 0.804. The Hall–Kier alpha value is -3.02. The van der Waals surface area contributed by atoms with E-state index in [9.17, 15) is 9.59 Å². The Kier molecular flexibility index (Phi) is 6.82. The van der Waals surface area contributed by atoms with Gasteiger partial charge in [-0.05, 0) is 50.6 Å². The third kappa shape index (κ3) is 5.00. The maximum absolute atomic E-state index is 12.9. The molecule has 0 saturated carbocycles. The van der Waals surface area contributed by atoms with Gasteiger partial charge in [-0.3, -0.25) is 4.79 Å². The Morgan fingerprint density at radius 1 is 0.963 bits per heavy atom. The number of aryl methyl sites for hydroxylation is 1. The highest BCUT2D eigenvalue weighted by atomic mass is 16.2. The predicted molar refractivity (Wildman–Crippen MR) is 112 cm³/mol. The lowest BCUT2D eigenvalue weighted by atomic mass is 10.1. The van der Waals surface area contributed by atoms with Gasteiger partial charge in [0, 0.05) is 44.2 Å². The van der Waals surface area contributed by atoms with Crippen LogP contribution in [0.3, 0.4) is 0 Å². The Labute approximate surface area is 161 Å². The van der Waals surface area contributed by atoms with Gasteiger partial charge in [0.15, 0.2) is 0 Å². The number of nitrogens with one attached hydrogen (secondary N) is 2. The summed E-state index contributed by atoms with van der Waals surface area (Å²) in [5, 5.41) is 5.65. The van der Waals surface area contributed by atoms with Gasteiger partial charge in [0.05, 0.1) is 5.56 Å². The SMILES string of the molecule is CCN(CC)C(=O)c1cc(NC(=O)Nc2ccccc2C)ccc1N(C)C. The number of hydrogen-bond acceptors (Lipinski definition) is 3. The van der Waals surface area contributed by atoms with Crippen LogP contribution < -0.4 is 15.5 Å². The molecule has 0 spiro atoms.